The van der Waals surface area contributed by atoms with E-state index in [1.165, 1.54) is 6.42 Å². The van der Waals surface area contributed by atoms with Gasteiger partial charge in [-0.05, 0) is 47.3 Å². The molecule has 0 amide bonds. The largest absolute Gasteiger partial charge is 0.326 e. The predicted molar refractivity (Wildman–Crippen MR) is 63.1 cm³/mol. The maximum Gasteiger partial charge on any atom is 0.326 e. The highest BCUT2D eigenvalue weighted by atomic mass is 79.9. The summed E-state index contributed by atoms with van der Waals surface area (Å²) in [4.78, 5) is 14.7. The molecule has 15 heavy (non-hydrogen) atoms. The predicted octanol–water partition coefficient (Wildman–Crippen LogP) is 2.82. The lowest BCUT2D eigenvalue weighted by atomic mass is 9.93. The molecule has 1 heterocycles. The summed E-state index contributed by atoms with van der Waals surface area (Å²) in [6, 6.07) is 6.25. The Morgan fingerprint density at radius 3 is 2.87 bits per heavy atom. The fraction of sp³-hybridized carbons (Fsp3) is 0.364. The minimum Gasteiger partial charge on any atom is -0.305 e. The van der Waals surface area contributed by atoms with Crippen LogP contribution in [0, 0.1) is 0 Å². The van der Waals surface area contributed by atoms with E-state index in [0.29, 0.717) is 6.04 Å². The molecule has 1 N–H and O–H groups in total. The van der Waals surface area contributed by atoms with Crippen LogP contribution in [0.3, 0.4) is 0 Å². The number of benzene rings is 1. The van der Waals surface area contributed by atoms with Crippen LogP contribution in [0.2, 0.25) is 0 Å². The van der Waals surface area contributed by atoms with Crippen LogP contribution < -0.4 is 5.69 Å². The summed E-state index contributed by atoms with van der Waals surface area (Å²) >= 11 is 3.50. The summed E-state index contributed by atoms with van der Waals surface area (Å²) in [7, 11) is 0. The monoisotopic (exact) mass is 266 g/mol. The molecule has 1 fully saturated rings. The molecule has 0 aliphatic heterocycles. The number of nitrogens with one attached hydrogen (secondary N) is 1. The molecular formula is C11H11BrN2O. The van der Waals surface area contributed by atoms with Gasteiger partial charge in [0.2, 0.25) is 0 Å². The second-order valence-electron chi connectivity index (χ2n) is 4.02. The molecule has 4 heteroatoms. The number of rotatable bonds is 1. The highest BCUT2D eigenvalue weighted by Crippen LogP contribution is 2.34. The van der Waals surface area contributed by atoms with Crippen molar-refractivity contribution in [2.24, 2.45) is 0 Å². The number of imidazole rings is 1. The second-order valence-corrected chi connectivity index (χ2v) is 4.88. The van der Waals surface area contributed by atoms with Crippen LogP contribution in [0.1, 0.15) is 25.3 Å². The highest BCUT2D eigenvalue weighted by molar-refractivity contribution is 9.10. The van der Waals surface area contributed by atoms with Crippen LogP contribution in [0.25, 0.3) is 11.0 Å². The number of aromatic nitrogens is 2. The first-order chi connectivity index (χ1) is 7.27. The Balaban J connectivity index is 2.35. The topological polar surface area (TPSA) is 37.8 Å². The summed E-state index contributed by atoms with van der Waals surface area (Å²) < 4.78 is 2.88. The van der Waals surface area contributed by atoms with Crippen LogP contribution in [0.5, 0.6) is 0 Å². The molecule has 1 aliphatic carbocycles. The van der Waals surface area contributed by atoms with Gasteiger partial charge in [0.15, 0.2) is 0 Å². The summed E-state index contributed by atoms with van der Waals surface area (Å²) in [6.45, 7) is 0. The smallest absolute Gasteiger partial charge is 0.305 e. The van der Waals surface area contributed by atoms with Crippen molar-refractivity contribution in [3.63, 3.8) is 0 Å². The number of para-hydroxylation sites is 1. The van der Waals surface area contributed by atoms with Crippen LogP contribution in [0.4, 0.5) is 0 Å². The van der Waals surface area contributed by atoms with Crippen molar-refractivity contribution in [3.8, 4) is 0 Å². The average molecular weight is 267 g/mol. The van der Waals surface area contributed by atoms with Crippen molar-refractivity contribution < 1.29 is 0 Å². The summed E-state index contributed by atoms with van der Waals surface area (Å²) in [5, 5.41) is 0. The van der Waals surface area contributed by atoms with E-state index in [2.05, 4.69) is 20.9 Å². The van der Waals surface area contributed by atoms with Crippen molar-refractivity contribution >= 4 is 27.0 Å². The van der Waals surface area contributed by atoms with Crippen molar-refractivity contribution in [2.75, 3.05) is 0 Å². The van der Waals surface area contributed by atoms with Gasteiger partial charge in [0.1, 0.15) is 0 Å². The molecule has 1 aromatic heterocycles. The molecule has 1 aliphatic rings. The molecule has 3 nitrogen and oxygen atoms in total. The van der Waals surface area contributed by atoms with Gasteiger partial charge >= 0.3 is 5.69 Å². The maximum absolute atomic E-state index is 11.8. The third kappa shape index (κ3) is 1.28. The SMILES string of the molecule is O=c1[nH]c2cccc(Br)c2n1C1CCC1. The fourth-order valence-electron chi connectivity index (χ4n) is 2.13. The Hall–Kier alpha value is -1.03. The molecule has 0 atom stereocenters. The normalized spacial score (nSPS) is 16.9. The Labute approximate surface area is 95.2 Å². The highest BCUT2D eigenvalue weighted by Gasteiger charge is 2.23. The van der Waals surface area contributed by atoms with Gasteiger partial charge in [-0.15, -0.1) is 0 Å². The molecule has 3 rings (SSSR count). The first kappa shape index (κ1) is 9.21. The number of aromatic amines is 1. The number of hydrogen-bond donors (Lipinski definition) is 1. The summed E-state index contributed by atoms with van der Waals surface area (Å²) in [5.41, 5.74) is 1.94. The molecule has 1 saturated carbocycles. The Kier molecular flexibility index (Phi) is 1.99. The van der Waals surface area contributed by atoms with Gasteiger partial charge in [0, 0.05) is 10.5 Å². The lowest BCUT2D eigenvalue weighted by Crippen LogP contribution is -2.26. The molecule has 0 spiro atoms. The molecule has 0 saturated heterocycles. The number of halogens is 1. The zero-order chi connectivity index (χ0) is 10.4. The fourth-order valence-corrected chi connectivity index (χ4v) is 2.69. The first-order valence-electron chi connectivity index (χ1n) is 5.16. The van der Waals surface area contributed by atoms with Gasteiger partial charge < -0.3 is 4.98 Å². The number of nitrogens with zero attached hydrogens (tertiary/aromatic N) is 1. The minimum atomic E-state index is 0.0154. The quantitative estimate of drug-likeness (QED) is 0.847. The molecular weight excluding hydrogens is 256 g/mol. The third-order valence-electron chi connectivity index (χ3n) is 3.13. The first-order valence-corrected chi connectivity index (χ1v) is 5.95. The third-order valence-corrected chi connectivity index (χ3v) is 3.77. The Bertz CT molecular complexity index is 565. The van der Waals surface area contributed by atoms with Gasteiger partial charge in [0.05, 0.1) is 11.0 Å². The van der Waals surface area contributed by atoms with E-state index in [0.717, 1.165) is 28.3 Å². The Morgan fingerprint density at radius 2 is 2.20 bits per heavy atom. The standard InChI is InChI=1S/C11H11BrN2O/c12-8-5-2-6-9-10(8)14(11(15)13-9)7-3-1-4-7/h2,5-7H,1,3-4H2,(H,13,15). The average Bonchev–Trinajstić information content (AvgIpc) is 2.42. The van der Waals surface area contributed by atoms with E-state index in [1.54, 1.807) is 0 Å². The summed E-state index contributed by atoms with van der Waals surface area (Å²) in [6.07, 6.45) is 3.47. The number of H-pyrrole nitrogens is 1. The minimum absolute atomic E-state index is 0.0154. The van der Waals surface area contributed by atoms with E-state index in [4.69, 9.17) is 0 Å². The molecule has 1 aromatic carbocycles. The van der Waals surface area contributed by atoms with Gasteiger partial charge in [0.25, 0.3) is 0 Å². The molecule has 78 valence electrons. The zero-order valence-electron chi connectivity index (χ0n) is 8.16. The Morgan fingerprint density at radius 1 is 1.40 bits per heavy atom. The molecule has 0 radical (unpaired) electrons. The van der Waals surface area contributed by atoms with E-state index >= 15 is 0 Å². The van der Waals surface area contributed by atoms with Crippen molar-refractivity contribution in [3.05, 3.63) is 33.2 Å². The van der Waals surface area contributed by atoms with E-state index < -0.39 is 0 Å². The molecule has 0 unspecified atom stereocenters. The van der Waals surface area contributed by atoms with Gasteiger partial charge in [-0.25, -0.2) is 4.79 Å². The van der Waals surface area contributed by atoms with E-state index in [9.17, 15) is 4.79 Å². The number of hydrogen-bond acceptors (Lipinski definition) is 1. The lowest BCUT2D eigenvalue weighted by molar-refractivity contribution is 0.314. The molecule has 0 bridgehead atoms. The van der Waals surface area contributed by atoms with Crippen molar-refractivity contribution in [2.45, 2.75) is 25.3 Å². The summed E-state index contributed by atoms with van der Waals surface area (Å²) in [5.74, 6) is 0. The van der Waals surface area contributed by atoms with E-state index in [1.807, 2.05) is 22.8 Å². The van der Waals surface area contributed by atoms with Crippen LogP contribution in [-0.4, -0.2) is 9.55 Å². The zero-order valence-corrected chi connectivity index (χ0v) is 9.75. The van der Waals surface area contributed by atoms with Crippen LogP contribution >= 0.6 is 15.9 Å². The van der Waals surface area contributed by atoms with Crippen molar-refractivity contribution in [1.82, 2.24) is 9.55 Å². The van der Waals surface area contributed by atoms with Gasteiger partial charge in [-0.2, -0.15) is 0 Å². The van der Waals surface area contributed by atoms with Crippen LogP contribution in [0.15, 0.2) is 27.5 Å². The maximum atomic E-state index is 11.8. The van der Waals surface area contributed by atoms with Crippen LogP contribution in [-0.2, 0) is 0 Å². The van der Waals surface area contributed by atoms with Gasteiger partial charge in [-0.3, -0.25) is 4.57 Å². The lowest BCUT2D eigenvalue weighted by Gasteiger charge is -2.26. The molecule has 2 aromatic rings. The van der Waals surface area contributed by atoms with E-state index in [-0.39, 0.29) is 5.69 Å². The number of fused-ring (bicyclic) bond motifs is 1. The second kappa shape index (κ2) is 3.23. The van der Waals surface area contributed by atoms with Crippen molar-refractivity contribution in [1.29, 1.82) is 0 Å². The van der Waals surface area contributed by atoms with Gasteiger partial charge in [-0.1, -0.05) is 6.07 Å².